The van der Waals surface area contributed by atoms with Gasteiger partial charge in [-0.1, -0.05) is 55.5 Å². The van der Waals surface area contributed by atoms with Crippen LogP contribution in [0.5, 0.6) is 0 Å². The number of hydrogen-bond donors (Lipinski definition) is 0. The first-order chi connectivity index (χ1) is 13.2. The van der Waals surface area contributed by atoms with E-state index in [1.54, 1.807) is 28.8 Å². The summed E-state index contributed by atoms with van der Waals surface area (Å²) >= 11 is 1.59. The first-order valence-electron chi connectivity index (χ1n) is 9.10. The maximum atomic E-state index is 12.4. The molecule has 0 spiro atoms. The summed E-state index contributed by atoms with van der Waals surface area (Å²) in [5, 5.41) is 0. The summed E-state index contributed by atoms with van der Waals surface area (Å²) in [6.07, 6.45) is 2.88. The van der Waals surface area contributed by atoms with E-state index in [2.05, 4.69) is 18.2 Å². The molecular weight excluding hydrogens is 358 g/mol. The van der Waals surface area contributed by atoms with E-state index in [1.165, 1.54) is 11.1 Å². The minimum Gasteiger partial charge on any atom is -0.452 e. The second-order valence-corrected chi connectivity index (χ2v) is 7.50. The summed E-state index contributed by atoms with van der Waals surface area (Å²) in [5.74, 6) is 0.261. The number of esters is 1. The van der Waals surface area contributed by atoms with Gasteiger partial charge < -0.3 is 9.64 Å². The number of ether oxygens (including phenoxy) is 1. The van der Waals surface area contributed by atoms with Gasteiger partial charge in [0.2, 0.25) is 0 Å². The Labute approximate surface area is 164 Å². The first-order valence-corrected chi connectivity index (χ1v) is 10.1. The molecular formula is C22H23NO3S. The molecule has 2 aromatic rings. The topological polar surface area (TPSA) is 46.6 Å². The molecule has 1 amide bonds. The van der Waals surface area contributed by atoms with Crippen molar-refractivity contribution in [3.05, 3.63) is 71.8 Å². The quantitative estimate of drug-likeness (QED) is 0.554. The third kappa shape index (κ3) is 5.01. The van der Waals surface area contributed by atoms with Crippen molar-refractivity contribution in [3.63, 3.8) is 0 Å². The molecule has 0 aromatic heterocycles. The molecule has 0 atom stereocenters. The van der Waals surface area contributed by atoms with Crippen molar-refractivity contribution in [2.45, 2.75) is 18.2 Å². The fraction of sp³-hybridized carbons (Fsp3) is 0.273. The van der Waals surface area contributed by atoms with E-state index >= 15 is 0 Å². The normalized spacial score (nSPS) is 13.8. The molecule has 2 aromatic carbocycles. The molecule has 1 heterocycles. The molecule has 1 aliphatic rings. The number of hydrogen-bond acceptors (Lipinski definition) is 4. The number of carbonyl (C=O) groups is 2. The number of carbonyl (C=O) groups excluding carboxylic acids is 2. The van der Waals surface area contributed by atoms with Gasteiger partial charge in [-0.25, -0.2) is 4.79 Å². The van der Waals surface area contributed by atoms with E-state index in [4.69, 9.17) is 4.74 Å². The predicted molar refractivity (Wildman–Crippen MR) is 109 cm³/mol. The van der Waals surface area contributed by atoms with E-state index in [1.807, 2.05) is 37.3 Å². The second-order valence-electron chi connectivity index (χ2n) is 6.19. The molecule has 27 heavy (non-hydrogen) atoms. The van der Waals surface area contributed by atoms with Crippen LogP contribution in [0, 0.1) is 0 Å². The summed E-state index contributed by atoms with van der Waals surface area (Å²) < 4.78 is 5.28. The lowest BCUT2D eigenvalue weighted by molar-refractivity contribution is -0.134. The highest BCUT2D eigenvalue weighted by Crippen LogP contribution is 2.24. The van der Waals surface area contributed by atoms with Gasteiger partial charge in [-0.05, 0) is 35.4 Å². The van der Waals surface area contributed by atoms with Gasteiger partial charge in [-0.2, -0.15) is 0 Å². The Bertz CT molecular complexity index is 832. The largest absolute Gasteiger partial charge is 0.452 e. The third-order valence-corrected chi connectivity index (χ3v) is 5.40. The average molecular weight is 381 g/mol. The van der Waals surface area contributed by atoms with Gasteiger partial charge in [0.25, 0.3) is 5.91 Å². The highest BCUT2D eigenvalue weighted by molar-refractivity contribution is 7.99. The number of thioether (sulfide) groups is 1. The van der Waals surface area contributed by atoms with Gasteiger partial charge in [0, 0.05) is 18.0 Å². The monoisotopic (exact) mass is 381 g/mol. The van der Waals surface area contributed by atoms with Gasteiger partial charge in [0.15, 0.2) is 6.61 Å². The van der Waals surface area contributed by atoms with Crippen LogP contribution in [0.25, 0.3) is 5.57 Å². The zero-order chi connectivity index (χ0) is 19.1. The molecule has 0 unspecified atom stereocenters. The third-order valence-electron chi connectivity index (χ3n) is 4.44. The molecule has 0 saturated carbocycles. The van der Waals surface area contributed by atoms with Gasteiger partial charge in [0.1, 0.15) is 0 Å². The number of amides is 1. The smallest absolute Gasteiger partial charge is 0.339 e. The SMILES string of the molecule is CCSc1ccccc1C(=O)OCC(=O)N1CC=C(c2ccccc2)CC1. The molecule has 0 N–H and O–H groups in total. The molecule has 3 rings (SSSR count). The summed E-state index contributed by atoms with van der Waals surface area (Å²) in [6.45, 7) is 2.99. The molecule has 1 aliphatic heterocycles. The van der Waals surface area contributed by atoms with Crippen molar-refractivity contribution in [2.75, 3.05) is 25.4 Å². The van der Waals surface area contributed by atoms with E-state index in [9.17, 15) is 9.59 Å². The molecule has 0 fully saturated rings. The lowest BCUT2D eigenvalue weighted by atomic mass is 10.00. The Morgan fingerprint density at radius 1 is 1.07 bits per heavy atom. The highest BCUT2D eigenvalue weighted by atomic mass is 32.2. The molecule has 4 nitrogen and oxygen atoms in total. The van der Waals surface area contributed by atoms with Gasteiger partial charge in [-0.15, -0.1) is 11.8 Å². The van der Waals surface area contributed by atoms with Crippen LogP contribution < -0.4 is 0 Å². The number of benzene rings is 2. The summed E-state index contributed by atoms with van der Waals surface area (Å²) in [6, 6.07) is 17.5. The van der Waals surface area contributed by atoms with Crippen molar-refractivity contribution >= 4 is 29.2 Å². The van der Waals surface area contributed by atoms with Crippen LogP contribution in [0.1, 0.15) is 29.3 Å². The zero-order valence-corrected chi connectivity index (χ0v) is 16.2. The van der Waals surface area contributed by atoms with Crippen LogP contribution in [0.15, 0.2) is 65.6 Å². The second kappa shape index (κ2) is 9.42. The Morgan fingerprint density at radius 2 is 1.81 bits per heavy atom. The minimum absolute atomic E-state index is 0.160. The van der Waals surface area contributed by atoms with Crippen LogP contribution in [0.4, 0.5) is 0 Å². The van der Waals surface area contributed by atoms with Crippen LogP contribution in [-0.4, -0.2) is 42.2 Å². The lowest BCUT2D eigenvalue weighted by Gasteiger charge is -2.26. The Balaban J connectivity index is 1.55. The van der Waals surface area contributed by atoms with Crippen molar-refractivity contribution < 1.29 is 14.3 Å². The fourth-order valence-electron chi connectivity index (χ4n) is 3.02. The minimum atomic E-state index is -0.447. The van der Waals surface area contributed by atoms with Crippen LogP contribution in [0.2, 0.25) is 0 Å². The lowest BCUT2D eigenvalue weighted by Crippen LogP contribution is -2.37. The van der Waals surface area contributed by atoms with Gasteiger partial charge in [0.05, 0.1) is 5.56 Å². The zero-order valence-electron chi connectivity index (χ0n) is 15.4. The summed E-state index contributed by atoms with van der Waals surface area (Å²) in [4.78, 5) is 27.4. The summed E-state index contributed by atoms with van der Waals surface area (Å²) in [5.41, 5.74) is 2.96. The fourth-order valence-corrected chi connectivity index (χ4v) is 3.82. The Morgan fingerprint density at radius 3 is 2.52 bits per heavy atom. The van der Waals surface area contributed by atoms with E-state index in [-0.39, 0.29) is 12.5 Å². The van der Waals surface area contributed by atoms with Crippen molar-refractivity contribution in [1.82, 2.24) is 4.90 Å². The van der Waals surface area contributed by atoms with Crippen molar-refractivity contribution in [2.24, 2.45) is 0 Å². The van der Waals surface area contributed by atoms with E-state index in [0.29, 0.717) is 18.7 Å². The summed E-state index contributed by atoms with van der Waals surface area (Å²) in [7, 11) is 0. The molecule has 0 saturated heterocycles. The molecule has 140 valence electrons. The van der Waals surface area contributed by atoms with Crippen LogP contribution >= 0.6 is 11.8 Å². The van der Waals surface area contributed by atoms with Gasteiger partial charge in [-0.3, -0.25) is 4.79 Å². The van der Waals surface area contributed by atoms with E-state index < -0.39 is 5.97 Å². The van der Waals surface area contributed by atoms with Crippen LogP contribution in [0.3, 0.4) is 0 Å². The molecule has 5 heteroatoms. The van der Waals surface area contributed by atoms with Crippen molar-refractivity contribution in [3.8, 4) is 0 Å². The predicted octanol–water partition coefficient (Wildman–Crippen LogP) is 4.27. The van der Waals surface area contributed by atoms with Gasteiger partial charge >= 0.3 is 5.97 Å². The first kappa shape index (κ1) is 19.2. The van der Waals surface area contributed by atoms with Crippen molar-refractivity contribution in [1.29, 1.82) is 0 Å². The molecule has 0 radical (unpaired) electrons. The maximum Gasteiger partial charge on any atom is 0.339 e. The standard InChI is InChI=1S/C22H23NO3S/c1-2-27-20-11-7-6-10-19(20)22(25)26-16-21(24)23-14-12-18(13-15-23)17-8-4-3-5-9-17/h3-12H,2,13-16H2,1H3. The molecule has 0 aliphatic carbocycles. The average Bonchev–Trinajstić information content (AvgIpc) is 2.73. The Hall–Kier alpha value is -2.53. The maximum absolute atomic E-state index is 12.4. The molecule has 0 bridgehead atoms. The number of nitrogens with zero attached hydrogens (tertiary/aromatic N) is 1. The van der Waals surface area contributed by atoms with E-state index in [0.717, 1.165) is 17.1 Å². The Kier molecular flexibility index (Phi) is 6.71. The number of rotatable bonds is 6. The highest BCUT2D eigenvalue weighted by Gasteiger charge is 2.20. The van der Waals surface area contributed by atoms with Crippen LogP contribution in [-0.2, 0) is 9.53 Å².